The Bertz CT molecular complexity index is 400. The van der Waals surface area contributed by atoms with E-state index in [2.05, 4.69) is 9.97 Å². The minimum absolute atomic E-state index is 0.0381. The lowest BCUT2D eigenvalue weighted by atomic mass is 9.91. The summed E-state index contributed by atoms with van der Waals surface area (Å²) in [6.07, 6.45) is 2.25. The zero-order valence-corrected chi connectivity index (χ0v) is 9.38. The first-order chi connectivity index (χ1) is 7.43. The quantitative estimate of drug-likeness (QED) is 0.573. The number of carbonyl (C=O) groups is 1. The standard InChI is InChI=1S/C10H13N3O3/c1-6(2)9(7(3)14)10-11-4-8(5-12-10)13(15)16/h4-6,9H,1-3H3. The number of hydrogen-bond donors (Lipinski definition) is 0. The van der Waals surface area contributed by atoms with Crippen molar-refractivity contribution >= 4 is 11.5 Å². The number of nitrogens with zero attached hydrogens (tertiary/aromatic N) is 3. The van der Waals surface area contributed by atoms with E-state index in [9.17, 15) is 14.9 Å². The van der Waals surface area contributed by atoms with Gasteiger partial charge >= 0.3 is 5.69 Å². The second-order valence-corrected chi connectivity index (χ2v) is 3.89. The van der Waals surface area contributed by atoms with Crippen molar-refractivity contribution < 1.29 is 9.72 Å². The summed E-state index contributed by atoms with van der Waals surface area (Å²) in [7, 11) is 0. The van der Waals surface area contributed by atoms with Crippen molar-refractivity contribution in [1.29, 1.82) is 0 Å². The van der Waals surface area contributed by atoms with Crippen LogP contribution in [0, 0.1) is 16.0 Å². The highest BCUT2D eigenvalue weighted by Gasteiger charge is 2.24. The van der Waals surface area contributed by atoms with Crippen LogP contribution in [0.4, 0.5) is 5.69 Å². The molecule has 0 amide bonds. The van der Waals surface area contributed by atoms with Crippen molar-refractivity contribution in [2.75, 3.05) is 0 Å². The maximum atomic E-state index is 11.4. The Hall–Kier alpha value is -1.85. The maximum Gasteiger partial charge on any atom is 0.305 e. The maximum absolute atomic E-state index is 11.4. The molecule has 1 unspecified atom stereocenters. The van der Waals surface area contributed by atoms with Gasteiger partial charge in [0.15, 0.2) is 0 Å². The van der Waals surface area contributed by atoms with E-state index in [0.29, 0.717) is 5.82 Å². The molecule has 1 atom stereocenters. The molecule has 0 radical (unpaired) electrons. The van der Waals surface area contributed by atoms with Crippen LogP contribution in [0.5, 0.6) is 0 Å². The zero-order chi connectivity index (χ0) is 12.3. The summed E-state index contributed by atoms with van der Waals surface area (Å²) < 4.78 is 0. The average molecular weight is 223 g/mol. The molecule has 0 saturated carbocycles. The predicted molar refractivity (Wildman–Crippen MR) is 56.9 cm³/mol. The Labute approximate surface area is 92.9 Å². The van der Waals surface area contributed by atoms with E-state index in [1.54, 1.807) is 0 Å². The molecule has 0 aliphatic carbocycles. The second kappa shape index (κ2) is 4.78. The van der Waals surface area contributed by atoms with Gasteiger partial charge in [0.25, 0.3) is 0 Å². The van der Waals surface area contributed by atoms with Gasteiger partial charge in [-0.2, -0.15) is 0 Å². The molecule has 1 heterocycles. The van der Waals surface area contributed by atoms with Crippen LogP contribution in [0.3, 0.4) is 0 Å². The van der Waals surface area contributed by atoms with E-state index in [1.807, 2.05) is 13.8 Å². The van der Waals surface area contributed by atoms with E-state index < -0.39 is 10.8 Å². The van der Waals surface area contributed by atoms with Gasteiger partial charge in [0.2, 0.25) is 0 Å². The van der Waals surface area contributed by atoms with Crippen molar-refractivity contribution in [2.45, 2.75) is 26.7 Å². The number of Topliss-reactive ketones (excluding diaryl/α,β-unsaturated/α-hetero) is 1. The molecular formula is C10H13N3O3. The number of hydrogen-bond acceptors (Lipinski definition) is 5. The highest BCUT2D eigenvalue weighted by Crippen LogP contribution is 2.22. The van der Waals surface area contributed by atoms with E-state index in [1.165, 1.54) is 6.92 Å². The van der Waals surface area contributed by atoms with Gasteiger partial charge in [-0.25, -0.2) is 9.97 Å². The molecule has 16 heavy (non-hydrogen) atoms. The van der Waals surface area contributed by atoms with E-state index >= 15 is 0 Å². The van der Waals surface area contributed by atoms with Crippen LogP contribution in [0.1, 0.15) is 32.5 Å². The number of aromatic nitrogens is 2. The molecular weight excluding hydrogens is 210 g/mol. The summed E-state index contributed by atoms with van der Waals surface area (Å²) in [4.78, 5) is 29.0. The minimum atomic E-state index is -0.568. The fourth-order valence-corrected chi connectivity index (χ4v) is 1.54. The molecule has 6 heteroatoms. The number of rotatable bonds is 4. The largest absolute Gasteiger partial charge is 0.305 e. The predicted octanol–water partition coefficient (Wildman–Crippen LogP) is 1.71. The van der Waals surface area contributed by atoms with Crippen LogP contribution in [0.15, 0.2) is 12.4 Å². The van der Waals surface area contributed by atoms with Gasteiger partial charge < -0.3 is 0 Å². The summed E-state index contributed by atoms with van der Waals surface area (Å²) in [5.74, 6) is -0.0308. The Morgan fingerprint density at radius 1 is 1.38 bits per heavy atom. The van der Waals surface area contributed by atoms with Crippen LogP contribution in [0.2, 0.25) is 0 Å². The van der Waals surface area contributed by atoms with Crippen LogP contribution < -0.4 is 0 Å². The molecule has 1 rings (SSSR count). The molecule has 1 aromatic rings. The molecule has 1 aromatic heterocycles. The molecule has 0 spiro atoms. The summed E-state index contributed by atoms with van der Waals surface area (Å²) in [5, 5.41) is 10.4. The van der Waals surface area contributed by atoms with E-state index in [0.717, 1.165) is 12.4 Å². The minimum Gasteiger partial charge on any atom is -0.299 e. The van der Waals surface area contributed by atoms with Crippen LogP contribution in [0.25, 0.3) is 0 Å². The Balaban J connectivity index is 3.03. The molecule has 0 aliphatic heterocycles. The van der Waals surface area contributed by atoms with Gasteiger partial charge in [0.1, 0.15) is 24.0 Å². The molecule has 0 aromatic carbocycles. The topological polar surface area (TPSA) is 86.0 Å². The molecule has 0 fully saturated rings. The van der Waals surface area contributed by atoms with Gasteiger partial charge in [-0.3, -0.25) is 14.9 Å². The number of ketones is 1. The molecule has 0 N–H and O–H groups in total. The van der Waals surface area contributed by atoms with Crippen molar-refractivity contribution in [3.8, 4) is 0 Å². The van der Waals surface area contributed by atoms with Crippen molar-refractivity contribution in [3.63, 3.8) is 0 Å². The average Bonchev–Trinajstić information content (AvgIpc) is 2.17. The summed E-state index contributed by atoms with van der Waals surface area (Å²) in [6, 6.07) is 0. The summed E-state index contributed by atoms with van der Waals surface area (Å²) >= 11 is 0. The third kappa shape index (κ3) is 2.59. The first kappa shape index (κ1) is 12.2. The molecule has 0 saturated heterocycles. The Morgan fingerprint density at radius 3 is 2.19 bits per heavy atom. The van der Waals surface area contributed by atoms with E-state index in [-0.39, 0.29) is 17.4 Å². The third-order valence-corrected chi connectivity index (χ3v) is 2.25. The monoisotopic (exact) mass is 223 g/mol. The van der Waals surface area contributed by atoms with Gasteiger partial charge in [-0.1, -0.05) is 13.8 Å². The second-order valence-electron chi connectivity index (χ2n) is 3.89. The zero-order valence-electron chi connectivity index (χ0n) is 9.38. The summed E-state index contributed by atoms with van der Waals surface area (Å²) in [6.45, 7) is 5.24. The lowest BCUT2D eigenvalue weighted by Gasteiger charge is -2.15. The number of carbonyl (C=O) groups excluding carboxylic acids is 1. The lowest BCUT2D eigenvalue weighted by Crippen LogP contribution is -2.18. The van der Waals surface area contributed by atoms with Crippen LogP contribution in [-0.2, 0) is 4.79 Å². The normalized spacial score (nSPS) is 12.5. The van der Waals surface area contributed by atoms with Crippen molar-refractivity contribution in [3.05, 3.63) is 28.3 Å². The lowest BCUT2D eigenvalue weighted by molar-refractivity contribution is -0.385. The molecule has 6 nitrogen and oxygen atoms in total. The SMILES string of the molecule is CC(=O)C(c1ncc([N+](=O)[O-])cn1)C(C)C. The highest BCUT2D eigenvalue weighted by atomic mass is 16.6. The van der Waals surface area contributed by atoms with Gasteiger partial charge in [0, 0.05) is 0 Å². The third-order valence-electron chi connectivity index (χ3n) is 2.25. The first-order valence-corrected chi connectivity index (χ1v) is 4.90. The fourth-order valence-electron chi connectivity index (χ4n) is 1.54. The fraction of sp³-hybridized carbons (Fsp3) is 0.500. The van der Waals surface area contributed by atoms with E-state index in [4.69, 9.17) is 0 Å². The summed E-state index contributed by atoms with van der Waals surface area (Å²) in [5.41, 5.74) is -0.171. The Kier molecular flexibility index (Phi) is 3.65. The molecule has 86 valence electrons. The smallest absolute Gasteiger partial charge is 0.299 e. The van der Waals surface area contributed by atoms with Crippen molar-refractivity contribution in [2.24, 2.45) is 5.92 Å². The number of nitro groups is 1. The van der Waals surface area contributed by atoms with Gasteiger partial charge in [0.05, 0.1) is 10.8 Å². The Morgan fingerprint density at radius 2 is 1.88 bits per heavy atom. The molecule has 0 aliphatic rings. The van der Waals surface area contributed by atoms with Crippen LogP contribution >= 0.6 is 0 Å². The van der Waals surface area contributed by atoms with Crippen molar-refractivity contribution in [1.82, 2.24) is 9.97 Å². The molecule has 0 bridgehead atoms. The highest BCUT2D eigenvalue weighted by molar-refractivity contribution is 5.82. The van der Waals surface area contributed by atoms with Crippen LogP contribution in [-0.4, -0.2) is 20.7 Å². The van der Waals surface area contributed by atoms with Gasteiger partial charge in [-0.15, -0.1) is 0 Å². The van der Waals surface area contributed by atoms with Gasteiger partial charge in [-0.05, 0) is 12.8 Å². The first-order valence-electron chi connectivity index (χ1n) is 4.90.